The number of ether oxygens (including phenoxy) is 1. The van der Waals surface area contributed by atoms with Gasteiger partial charge in [0.15, 0.2) is 0 Å². The molecule has 1 N–H and O–H groups in total. The van der Waals surface area contributed by atoms with Gasteiger partial charge in [-0.15, -0.1) is 0 Å². The minimum Gasteiger partial charge on any atom is -0.381 e. The fourth-order valence-corrected chi connectivity index (χ4v) is 2.48. The number of nitrogens with zero attached hydrogens (tertiary/aromatic N) is 1. The molecule has 0 saturated carbocycles. The third-order valence-corrected chi connectivity index (χ3v) is 3.66. The van der Waals surface area contributed by atoms with Gasteiger partial charge in [-0.1, -0.05) is 0 Å². The predicted molar refractivity (Wildman–Crippen MR) is 62.2 cm³/mol. The van der Waals surface area contributed by atoms with Crippen LogP contribution in [0, 0.1) is 5.92 Å². The second-order valence-electron chi connectivity index (χ2n) is 4.92. The Labute approximate surface area is 97.3 Å². The third kappa shape index (κ3) is 3.19. The first kappa shape index (κ1) is 11.9. The van der Waals surface area contributed by atoms with E-state index in [9.17, 15) is 4.79 Å². The SMILES string of the molecule is CC(=O)N1CCC(NCC2CCOC2)CC1. The minimum absolute atomic E-state index is 0.211. The number of piperidine rings is 1. The highest BCUT2D eigenvalue weighted by Gasteiger charge is 2.22. The highest BCUT2D eigenvalue weighted by atomic mass is 16.5. The molecule has 16 heavy (non-hydrogen) atoms. The molecule has 92 valence electrons. The predicted octanol–water partition coefficient (Wildman–Crippen LogP) is 0.623. The van der Waals surface area contributed by atoms with Crippen molar-refractivity contribution in [3.05, 3.63) is 0 Å². The molecule has 1 atom stereocenters. The van der Waals surface area contributed by atoms with E-state index in [1.54, 1.807) is 6.92 Å². The summed E-state index contributed by atoms with van der Waals surface area (Å²) in [6.07, 6.45) is 3.37. The summed E-state index contributed by atoms with van der Waals surface area (Å²) >= 11 is 0. The number of hydrogen-bond acceptors (Lipinski definition) is 3. The quantitative estimate of drug-likeness (QED) is 0.767. The number of hydrogen-bond donors (Lipinski definition) is 1. The summed E-state index contributed by atoms with van der Waals surface area (Å²) in [7, 11) is 0. The molecule has 0 aromatic carbocycles. The van der Waals surface area contributed by atoms with Crippen LogP contribution in [0.3, 0.4) is 0 Å². The average Bonchev–Trinajstić information content (AvgIpc) is 2.80. The highest BCUT2D eigenvalue weighted by Crippen LogP contribution is 2.14. The standard InChI is InChI=1S/C12H22N2O2/c1-10(15)14-5-2-12(3-6-14)13-8-11-4-7-16-9-11/h11-13H,2-9H2,1H3. The maximum Gasteiger partial charge on any atom is 0.219 e. The van der Waals surface area contributed by atoms with Crippen LogP contribution in [0.25, 0.3) is 0 Å². The number of carbonyl (C=O) groups is 1. The Morgan fingerprint density at radius 3 is 2.69 bits per heavy atom. The number of rotatable bonds is 3. The first-order valence-corrected chi connectivity index (χ1v) is 6.32. The van der Waals surface area contributed by atoms with E-state index >= 15 is 0 Å². The molecular weight excluding hydrogens is 204 g/mol. The Hall–Kier alpha value is -0.610. The Kier molecular flexibility index (Phi) is 4.18. The van der Waals surface area contributed by atoms with Gasteiger partial charge in [0.25, 0.3) is 0 Å². The van der Waals surface area contributed by atoms with Gasteiger partial charge >= 0.3 is 0 Å². The van der Waals surface area contributed by atoms with Crippen LogP contribution >= 0.6 is 0 Å². The molecular formula is C12H22N2O2. The zero-order valence-electron chi connectivity index (χ0n) is 10.1. The van der Waals surface area contributed by atoms with Crippen LogP contribution in [0.15, 0.2) is 0 Å². The van der Waals surface area contributed by atoms with E-state index in [-0.39, 0.29) is 5.91 Å². The van der Waals surface area contributed by atoms with Gasteiger partial charge in [0.05, 0.1) is 6.61 Å². The van der Waals surface area contributed by atoms with Crippen molar-refractivity contribution in [3.63, 3.8) is 0 Å². The highest BCUT2D eigenvalue weighted by molar-refractivity contribution is 5.73. The number of likely N-dealkylation sites (tertiary alicyclic amines) is 1. The Morgan fingerprint density at radius 1 is 1.38 bits per heavy atom. The molecule has 2 fully saturated rings. The first-order chi connectivity index (χ1) is 7.75. The molecule has 0 aromatic rings. The van der Waals surface area contributed by atoms with Crippen molar-refractivity contribution in [2.75, 3.05) is 32.8 Å². The maximum atomic E-state index is 11.2. The molecule has 2 rings (SSSR count). The van der Waals surface area contributed by atoms with Crippen molar-refractivity contribution >= 4 is 5.91 Å². The molecule has 2 saturated heterocycles. The van der Waals surface area contributed by atoms with E-state index < -0.39 is 0 Å². The number of nitrogens with one attached hydrogen (secondary N) is 1. The monoisotopic (exact) mass is 226 g/mol. The van der Waals surface area contributed by atoms with Crippen molar-refractivity contribution in [3.8, 4) is 0 Å². The number of carbonyl (C=O) groups excluding carboxylic acids is 1. The summed E-state index contributed by atoms with van der Waals surface area (Å²) in [5, 5.41) is 3.61. The molecule has 0 radical (unpaired) electrons. The molecule has 1 amide bonds. The van der Waals surface area contributed by atoms with Gasteiger partial charge in [-0.2, -0.15) is 0 Å². The van der Waals surface area contributed by atoms with E-state index in [4.69, 9.17) is 4.74 Å². The van der Waals surface area contributed by atoms with E-state index in [2.05, 4.69) is 5.32 Å². The second kappa shape index (κ2) is 5.64. The molecule has 0 aromatic heterocycles. The van der Waals surface area contributed by atoms with Gasteiger partial charge in [-0.3, -0.25) is 4.79 Å². The topological polar surface area (TPSA) is 41.6 Å². The summed E-state index contributed by atoms with van der Waals surface area (Å²) in [5.74, 6) is 0.911. The molecule has 2 heterocycles. The summed E-state index contributed by atoms with van der Waals surface area (Å²) in [4.78, 5) is 13.1. The van der Waals surface area contributed by atoms with Gasteiger partial charge in [0.1, 0.15) is 0 Å². The summed E-state index contributed by atoms with van der Waals surface area (Å²) in [5.41, 5.74) is 0. The first-order valence-electron chi connectivity index (χ1n) is 6.32. The van der Waals surface area contributed by atoms with Crippen LogP contribution in [-0.4, -0.2) is 49.7 Å². The lowest BCUT2D eigenvalue weighted by molar-refractivity contribution is -0.129. The van der Waals surface area contributed by atoms with Crippen molar-refractivity contribution in [1.29, 1.82) is 0 Å². The van der Waals surface area contributed by atoms with Crippen molar-refractivity contribution in [1.82, 2.24) is 10.2 Å². The van der Waals surface area contributed by atoms with E-state index in [0.717, 1.165) is 45.7 Å². The van der Waals surface area contributed by atoms with E-state index in [1.807, 2.05) is 4.90 Å². The lowest BCUT2D eigenvalue weighted by Crippen LogP contribution is -2.45. The molecule has 4 heteroatoms. The van der Waals surface area contributed by atoms with Gasteiger partial charge in [0.2, 0.25) is 5.91 Å². The lowest BCUT2D eigenvalue weighted by Gasteiger charge is -2.32. The lowest BCUT2D eigenvalue weighted by atomic mass is 10.0. The molecule has 0 bridgehead atoms. The van der Waals surface area contributed by atoms with E-state index in [0.29, 0.717) is 12.0 Å². The Balaban J connectivity index is 1.63. The van der Waals surface area contributed by atoms with Gasteiger partial charge in [-0.25, -0.2) is 0 Å². The Morgan fingerprint density at radius 2 is 2.12 bits per heavy atom. The number of amides is 1. The molecule has 0 spiro atoms. The summed E-state index contributed by atoms with van der Waals surface area (Å²) in [6.45, 7) is 6.39. The van der Waals surface area contributed by atoms with Crippen LogP contribution in [0.1, 0.15) is 26.2 Å². The van der Waals surface area contributed by atoms with Crippen LogP contribution in [0.2, 0.25) is 0 Å². The molecule has 0 aliphatic carbocycles. The largest absolute Gasteiger partial charge is 0.381 e. The van der Waals surface area contributed by atoms with Crippen molar-refractivity contribution in [2.45, 2.75) is 32.2 Å². The van der Waals surface area contributed by atoms with Gasteiger partial charge in [0, 0.05) is 39.2 Å². The van der Waals surface area contributed by atoms with Crippen LogP contribution in [0.5, 0.6) is 0 Å². The van der Waals surface area contributed by atoms with Gasteiger partial charge < -0.3 is 15.0 Å². The normalized spacial score (nSPS) is 27.3. The minimum atomic E-state index is 0.211. The second-order valence-corrected chi connectivity index (χ2v) is 4.92. The molecule has 4 nitrogen and oxygen atoms in total. The van der Waals surface area contributed by atoms with Crippen molar-refractivity contribution < 1.29 is 9.53 Å². The zero-order chi connectivity index (χ0) is 11.4. The summed E-state index contributed by atoms with van der Waals surface area (Å²) in [6, 6.07) is 0.594. The third-order valence-electron chi connectivity index (χ3n) is 3.66. The fraction of sp³-hybridized carbons (Fsp3) is 0.917. The molecule has 2 aliphatic heterocycles. The van der Waals surface area contributed by atoms with Crippen LogP contribution in [0.4, 0.5) is 0 Å². The molecule has 2 aliphatic rings. The van der Waals surface area contributed by atoms with E-state index in [1.165, 1.54) is 6.42 Å². The maximum absolute atomic E-state index is 11.2. The van der Waals surface area contributed by atoms with Gasteiger partial charge in [-0.05, 0) is 25.2 Å². The fourth-order valence-electron chi connectivity index (χ4n) is 2.48. The smallest absolute Gasteiger partial charge is 0.219 e. The van der Waals surface area contributed by atoms with Crippen LogP contribution < -0.4 is 5.32 Å². The molecule has 1 unspecified atom stereocenters. The zero-order valence-corrected chi connectivity index (χ0v) is 10.1. The average molecular weight is 226 g/mol. The van der Waals surface area contributed by atoms with Crippen molar-refractivity contribution in [2.24, 2.45) is 5.92 Å². The summed E-state index contributed by atoms with van der Waals surface area (Å²) < 4.78 is 5.35. The Bertz CT molecular complexity index is 231. The van der Waals surface area contributed by atoms with Crippen LogP contribution in [-0.2, 0) is 9.53 Å².